The zero-order chi connectivity index (χ0) is 21.5. The number of rotatable bonds is 6. The molecule has 1 aliphatic heterocycles. The third-order valence-corrected chi connectivity index (χ3v) is 4.58. The van der Waals surface area contributed by atoms with Gasteiger partial charge in [0, 0.05) is 24.3 Å². The number of halogens is 2. The molecule has 0 radical (unpaired) electrons. The molecule has 0 aromatic heterocycles. The Morgan fingerprint density at radius 3 is 2.53 bits per heavy atom. The third-order valence-electron chi connectivity index (χ3n) is 3.68. The van der Waals surface area contributed by atoms with E-state index in [1.807, 2.05) is 0 Å². The summed E-state index contributed by atoms with van der Waals surface area (Å²) in [6.07, 6.45) is 2.56. The SMILES string of the molecule is COC(=O)/C=C1/S/C(=N\N=Cc2ccc(COc3cc(F)cc(F)c3)cc2)NC1=O. The van der Waals surface area contributed by atoms with Crippen LogP contribution in [0.5, 0.6) is 5.75 Å². The molecule has 30 heavy (non-hydrogen) atoms. The smallest absolute Gasteiger partial charge is 0.331 e. The summed E-state index contributed by atoms with van der Waals surface area (Å²) in [5, 5.41) is 10.5. The van der Waals surface area contributed by atoms with Crippen molar-refractivity contribution in [2.45, 2.75) is 6.61 Å². The highest BCUT2D eigenvalue weighted by Crippen LogP contribution is 2.23. The summed E-state index contributed by atoms with van der Waals surface area (Å²) in [7, 11) is 1.22. The van der Waals surface area contributed by atoms with Gasteiger partial charge in [0.1, 0.15) is 24.0 Å². The van der Waals surface area contributed by atoms with E-state index in [1.165, 1.54) is 13.3 Å². The predicted octanol–water partition coefficient (Wildman–Crippen LogP) is 3.15. The van der Waals surface area contributed by atoms with Crippen LogP contribution in [-0.2, 0) is 20.9 Å². The first-order valence-electron chi connectivity index (χ1n) is 8.50. The lowest BCUT2D eigenvalue weighted by Gasteiger charge is -2.07. The van der Waals surface area contributed by atoms with E-state index in [-0.39, 0.29) is 22.4 Å². The van der Waals surface area contributed by atoms with E-state index < -0.39 is 23.5 Å². The van der Waals surface area contributed by atoms with Gasteiger partial charge in [-0.25, -0.2) is 13.6 Å². The maximum atomic E-state index is 13.2. The van der Waals surface area contributed by atoms with Crippen molar-refractivity contribution < 1.29 is 27.8 Å². The zero-order valence-corrected chi connectivity index (χ0v) is 16.4. The van der Waals surface area contributed by atoms with Gasteiger partial charge in [-0.1, -0.05) is 24.3 Å². The number of carbonyl (C=O) groups is 2. The van der Waals surface area contributed by atoms with Gasteiger partial charge in [-0.05, 0) is 22.9 Å². The van der Waals surface area contributed by atoms with Gasteiger partial charge in [0.05, 0.1) is 18.2 Å². The van der Waals surface area contributed by atoms with Gasteiger partial charge < -0.3 is 9.47 Å². The van der Waals surface area contributed by atoms with E-state index in [0.717, 1.165) is 47.2 Å². The standard InChI is InChI=1S/C20H15F2N3O4S/c1-28-18(26)9-17-19(27)24-20(30-17)25-23-10-12-2-4-13(5-3-12)11-29-16-7-14(21)6-15(22)8-16/h2-10H,11H2,1H3,(H,24,25,27)/b17-9+,23-10?. The first-order valence-corrected chi connectivity index (χ1v) is 9.32. The molecular formula is C20H15F2N3O4S. The number of ether oxygens (including phenoxy) is 2. The number of hydrogen-bond donors (Lipinski definition) is 1. The predicted molar refractivity (Wildman–Crippen MR) is 108 cm³/mol. The molecule has 3 rings (SSSR count). The summed E-state index contributed by atoms with van der Waals surface area (Å²) in [6.45, 7) is 0.139. The van der Waals surface area contributed by atoms with Crippen LogP contribution in [0.4, 0.5) is 8.78 Å². The molecule has 1 fully saturated rings. The van der Waals surface area contributed by atoms with Crippen molar-refractivity contribution >= 4 is 35.0 Å². The van der Waals surface area contributed by atoms with Gasteiger partial charge in [-0.2, -0.15) is 5.10 Å². The molecule has 1 heterocycles. The Morgan fingerprint density at radius 1 is 1.17 bits per heavy atom. The van der Waals surface area contributed by atoms with Crippen LogP contribution in [0.15, 0.2) is 63.6 Å². The average molecular weight is 431 g/mol. The van der Waals surface area contributed by atoms with Crippen molar-refractivity contribution in [3.8, 4) is 5.75 Å². The Hall–Kier alpha value is -3.53. The highest BCUT2D eigenvalue weighted by atomic mass is 32.2. The van der Waals surface area contributed by atoms with E-state index in [0.29, 0.717) is 0 Å². The van der Waals surface area contributed by atoms with Crippen molar-refractivity contribution in [3.63, 3.8) is 0 Å². The number of carbonyl (C=O) groups excluding carboxylic acids is 2. The van der Waals surface area contributed by atoms with Gasteiger partial charge in [-0.3, -0.25) is 10.1 Å². The summed E-state index contributed by atoms with van der Waals surface area (Å²) in [6, 6.07) is 10.1. The number of hydrogen-bond acceptors (Lipinski definition) is 7. The van der Waals surface area contributed by atoms with Crippen LogP contribution in [0.3, 0.4) is 0 Å². The average Bonchev–Trinajstić information content (AvgIpc) is 3.05. The Morgan fingerprint density at radius 2 is 1.87 bits per heavy atom. The van der Waals surface area contributed by atoms with E-state index in [2.05, 4.69) is 20.3 Å². The van der Waals surface area contributed by atoms with Crippen molar-refractivity contribution in [3.05, 3.63) is 76.2 Å². The van der Waals surface area contributed by atoms with Crippen LogP contribution in [0, 0.1) is 11.6 Å². The fraction of sp³-hybridized carbons (Fsp3) is 0.100. The summed E-state index contributed by atoms with van der Waals surface area (Å²) in [5.41, 5.74) is 1.53. The quantitative estimate of drug-likeness (QED) is 0.329. The first-order chi connectivity index (χ1) is 14.4. The van der Waals surface area contributed by atoms with Crippen LogP contribution in [-0.4, -0.2) is 30.4 Å². The third kappa shape index (κ3) is 5.98. The van der Waals surface area contributed by atoms with E-state index in [1.54, 1.807) is 24.3 Å². The second-order valence-corrected chi connectivity index (χ2v) is 6.90. The first kappa shape index (κ1) is 21.2. The monoisotopic (exact) mass is 431 g/mol. The molecule has 0 unspecified atom stereocenters. The molecule has 0 bridgehead atoms. The molecule has 7 nitrogen and oxygen atoms in total. The van der Waals surface area contributed by atoms with Crippen LogP contribution < -0.4 is 10.1 Å². The molecule has 2 aromatic rings. The van der Waals surface area contributed by atoms with Crippen molar-refractivity contribution in [1.82, 2.24) is 5.32 Å². The van der Waals surface area contributed by atoms with E-state index >= 15 is 0 Å². The molecule has 0 spiro atoms. The zero-order valence-electron chi connectivity index (χ0n) is 15.6. The molecule has 0 saturated carbocycles. The summed E-state index contributed by atoms with van der Waals surface area (Å²) < 4.78 is 36.2. The molecule has 1 aliphatic rings. The fourth-order valence-corrected chi connectivity index (χ4v) is 3.01. The highest BCUT2D eigenvalue weighted by molar-refractivity contribution is 8.18. The second-order valence-electron chi connectivity index (χ2n) is 5.87. The maximum Gasteiger partial charge on any atom is 0.331 e. The Labute approximate surface area is 174 Å². The molecule has 1 amide bonds. The minimum Gasteiger partial charge on any atom is -0.489 e. The second kappa shape index (κ2) is 9.79. The Balaban J connectivity index is 1.56. The van der Waals surface area contributed by atoms with Crippen molar-refractivity contribution in [2.24, 2.45) is 10.2 Å². The molecule has 0 aliphatic carbocycles. The Bertz CT molecular complexity index is 1030. The number of nitrogens with zero attached hydrogens (tertiary/aromatic N) is 2. The lowest BCUT2D eigenvalue weighted by molar-refractivity contribution is -0.135. The number of thioether (sulfide) groups is 1. The van der Waals surface area contributed by atoms with E-state index in [4.69, 9.17) is 4.74 Å². The molecule has 2 aromatic carbocycles. The lowest BCUT2D eigenvalue weighted by Crippen LogP contribution is -2.19. The van der Waals surface area contributed by atoms with Crippen LogP contribution in [0.1, 0.15) is 11.1 Å². The molecule has 1 saturated heterocycles. The molecule has 1 N–H and O–H groups in total. The summed E-state index contributed by atoms with van der Waals surface area (Å²) in [4.78, 5) is 23.1. The van der Waals surface area contributed by atoms with E-state index in [9.17, 15) is 18.4 Å². The van der Waals surface area contributed by atoms with Crippen molar-refractivity contribution in [2.75, 3.05) is 7.11 Å². The molecule has 154 valence electrons. The number of benzene rings is 2. The maximum absolute atomic E-state index is 13.2. The van der Waals surface area contributed by atoms with Crippen LogP contribution in [0.25, 0.3) is 0 Å². The highest BCUT2D eigenvalue weighted by Gasteiger charge is 2.24. The Kier molecular flexibility index (Phi) is 6.91. The van der Waals surface area contributed by atoms with Gasteiger partial charge in [-0.15, -0.1) is 5.10 Å². The normalized spacial score (nSPS) is 16.3. The minimum atomic E-state index is -0.706. The van der Waals surface area contributed by atoms with Gasteiger partial charge in [0.25, 0.3) is 5.91 Å². The number of methoxy groups -OCH3 is 1. The number of nitrogens with one attached hydrogen (secondary N) is 1. The molecule has 0 atom stereocenters. The molecular weight excluding hydrogens is 416 g/mol. The number of esters is 1. The number of amidine groups is 1. The van der Waals surface area contributed by atoms with Gasteiger partial charge in [0.2, 0.25) is 0 Å². The van der Waals surface area contributed by atoms with Gasteiger partial charge >= 0.3 is 5.97 Å². The van der Waals surface area contributed by atoms with Gasteiger partial charge in [0.15, 0.2) is 5.17 Å². The fourth-order valence-electron chi connectivity index (χ4n) is 2.27. The summed E-state index contributed by atoms with van der Waals surface area (Å²) >= 11 is 0.972. The lowest BCUT2D eigenvalue weighted by atomic mass is 10.1. The van der Waals surface area contributed by atoms with Crippen LogP contribution >= 0.6 is 11.8 Å². The topological polar surface area (TPSA) is 89.3 Å². The summed E-state index contributed by atoms with van der Waals surface area (Å²) in [5.74, 6) is -2.40. The minimum absolute atomic E-state index is 0.102. The number of amides is 1. The van der Waals surface area contributed by atoms with Crippen LogP contribution in [0.2, 0.25) is 0 Å². The van der Waals surface area contributed by atoms with Crippen molar-refractivity contribution in [1.29, 1.82) is 0 Å². The largest absolute Gasteiger partial charge is 0.489 e. The molecule has 10 heteroatoms.